The molecular weight excluding hydrogens is 318 g/mol. The number of benzene rings is 1. The van der Waals surface area contributed by atoms with E-state index in [1.165, 1.54) is 13.0 Å². The van der Waals surface area contributed by atoms with Gasteiger partial charge in [0.1, 0.15) is 11.5 Å². The maximum atomic E-state index is 14.1. The first-order chi connectivity index (χ1) is 10.6. The van der Waals surface area contributed by atoms with Crippen molar-refractivity contribution in [2.75, 3.05) is 11.9 Å². The van der Waals surface area contributed by atoms with Gasteiger partial charge in [-0.25, -0.2) is 4.39 Å². The summed E-state index contributed by atoms with van der Waals surface area (Å²) in [5, 5.41) is 28.8. The zero-order valence-corrected chi connectivity index (χ0v) is 12.1. The molecule has 1 aromatic rings. The molecule has 0 radical (unpaired) electrons. The summed E-state index contributed by atoms with van der Waals surface area (Å²) in [6.45, 7) is 1.50. The molecule has 1 aliphatic rings. The highest BCUT2D eigenvalue weighted by Crippen LogP contribution is 2.36. The second kappa shape index (κ2) is 5.72. The van der Waals surface area contributed by atoms with E-state index in [9.17, 15) is 27.8 Å². The van der Waals surface area contributed by atoms with Crippen molar-refractivity contribution in [3.05, 3.63) is 40.8 Å². The lowest BCUT2D eigenvalue weighted by atomic mass is 10.1. The molecule has 0 saturated carbocycles. The summed E-state index contributed by atoms with van der Waals surface area (Å²) in [5.74, 6) is -0.942. The number of allylic oxidation sites excluding steroid dienone is 1. The topological polar surface area (TPSA) is 70.7 Å². The van der Waals surface area contributed by atoms with Crippen LogP contribution in [0, 0.1) is 24.1 Å². The molecule has 0 amide bonds. The minimum Gasteiger partial charge on any atom is -0.370 e. The summed E-state index contributed by atoms with van der Waals surface area (Å²) in [4.78, 5) is 1.15. The van der Waals surface area contributed by atoms with Crippen molar-refractivity contribution in [2.45, 2.75) is 25.7 Å². The number of rotatable bonds is 1. The second-order valence-electron chi connectivity index (χ2n) is 5.06. The maximum absolute atomic E-state index is 14.1. The summed E-state index contributed by atoms with van der Waals surface area (Å²) in [5.41, 5.74) is -1.14. The minimum absolute atomic E-state index is 0.0483. The number of nitriles is 1. The van der Waals surface area contributed by atoms with Gasteiger partial charge in [0.15, 0.2) is 6.23 Å². The van der Waals surface area contributed by atoms with Crippen LogP contribution >= 0.6 is 0 Å². The molecule has 2 unspecified atom stereocenters. The molecule has 0 bridgehead atoms. The Labute approximate surface area is 129 Å². The largest absolute Gasteiger partial charge is 0.431 e. The number of hydrogen-bond acceptors (Lipinski definition) is 5. The summed E-state index contributed by atoms with van der Waals surface area (Å²) in [6.07, 6.45) is -8.13. The Morgan fingerprint density at radius 2 is 1.87 bits per heavy atom. The molecule has 0 fully saturated rings. The third-order valence-corrected chi connectivity index (χ3v) is 3.55. The standard InChI is InChI=1S/C14H13F4N3O2/c1-7-3-10(9(15)4-8(7)6-19)21-12(22)5-11(14(16,17)18)20(2)13(21)23/h3-5,12-13,22-23H,1-2H3. The average molecular weight is 331 g/mol. The predicted octanol–water partition coefficient (Wildman–Crippen LogP) is 1.80. The molecule has 5 nitrogen and oxygen atoms in total. The zero-order valence-electron chi connectivity index (χ0n) is 12.1. The fraction of sp³-hybridized carbons (Fsp3) is 0.357. The van der Waals surface area contributed by atoms with Crippen LogP contribution in [0.5, 0.6) is 0 Å². The van der Waals surface area contributed by atoms with Crippen LogP contribution in [0.15, 0.2) is 23.9 Å². The van der Waals surface area contributed by atoms with Crippen LogP contribution in [0.1, 0.15) is 11.1 Å². The van der Waals surface area contributed by atoms with Gasteiger partial charge in [0.05, 0.1) is 17.3 Å². The van der Waals surface area contributed by atoms with E-state index >= 15 is 0 Å². The molecule has 9 heteroatoms. The highest BCUT2D eigenvalue weighted by atomic mass is 19.4. The fourth-order valence-corrected chi connectivity index (χ4v) is 2.33. The van der Waals surface area contributed by atoms with Crippen LogP contribution in [0.25, 0.3) is 0 Å². The number of aliphatic hydroxyl groups excluding tert-OH is 2. The van der Waals surface area contributed by atoms with Crippen molar-refractivity contribution in [2.24, 2.45) is 0 Å². The molecule has 2 atom stereocenters. The van der Waals surface area contributed by atoms with Gasteiger partial charge in [-0.3, -0.25) is 4.90 Å². The molecule has 0 aliphatic carbocycles. The van der Waals surface area contributed by atoms with E-state index in [2.05, 4.69) is 0 Å². The highest BCUT2D eigenvalue weighted by molar-refractivity contribution is 5.56. The molecule has 23 heavy (non-hydrogen) atoms. The Hall–Kier alpha value is -2.31. The first-order valence-electron chi connectivity index (χ1n) is 6.44. The third-order valence-electron chi connectivity index (χ3n) is 3.55. The third kappa shape index (κ3) is 2.95. The van der Waals surface area contributed by atoms with Crippen molar-refractivity contribution in [3.63, 3.8) is 0 Å². The highest BCUT2D eigenvalue weighted by Gasteiger charge is 2.44. The van der Waals surface area contributed by atoms with E-state index in [0.717, 1.165) is 13.1 Å². The van der Waals surface area contributed by atoms with Crippen LogP contribution < -0.4 is 4.90 Å². The number of aryl methyl sites for hydroxylation is 1. The van der Waals surface area contributed by atoms with E-state index in [4.69, 9.17) is 5.26 Å². The van der Waals surface area contributed by atoms with Crippen LogP contribution in [0.4, 0.5) is 23.2 Å². The Morgan fingerprint density at radius 3 is 2.39 bits per heavy atom. The Kier molecular flexibility index (Phi) is 4.24. The maximum Gasteiger partial charge on any atom is 0.431 e. The number of alkyl halides is 3. The van der Waals surface area contributed by atoms with Crippen LogP contribution in [0.3, 0.4) is 0 Å². The zero-order chi connectivity index (χ0) is 17.5. The lowest BCUT2D eigenvalue weighted by Crippen LogP contribution is -2.56. The molecule has 1 aliphatic heterocycles. The van der Waals surface area contributed by atoms with E-state index in [1.54, 1.807) is 6.07 Å². The summed E-state index contributed by atoms with van der Waals surface area (Å²) < 4.78 is 52.7. The van der Waals surface area contributed by atoms with Crippen molar-refractivity contribution >= 4 is 5.69 Å². The molecule has 0 spiro atoms. The number of aliphatic hydroxyl groups is 2. The smallest absolute Gasteiger partial charge is 0.370 e. The van der Waals surface area contributed by atoms with Crippen LogP contribution in [-0.4, -0.2) is 40.9 Å². The second-order valence-corrected chi connectivity index (χ2v) is 5.06. The van der Waals surface area contributed by atoms with Crippen LogP contribution in [0.2, 0.25) is 0 Å². The molecule has 1 heterocycles. The molecule has 1 aromatic carbocycles. The first kappa shape index (κ1) is 17.1. The van der Waals surface area contributed by atoms with Gasteiger partial charge in [0.25, 0.3) is 0 Å². The fourth-order valence-electron chi connectivity index (χ4n) is 2.33. The van der Waals surface area contributed by atoms with Crippen molar-refractivity contribution in [1.29, 1.82) is 5.26 Å². The Balaban J connectivity index is 2.52. The van der Waals surface area contributed by atoms with Crippen molar-refractivity contribution < 1.29 is 27.8 Å². The first-order valence-corrected chi connectivity index (χ1v) is 6.44. The Morgan fingerprint density at radius 1 is 1.26 bits per heavy atom. The van der Waals surface area contributed by atoms with E-state index < -0.39 is 30.3 Å². The molecular formula is C14H13F4N3O2. The van der Waals surface area contributed by atoms with Crippen LogP contribution in [-0.2, 0) is 0 Å². The average Bonchev–Trinajstić information content (AvgIpc) is 2.45. The normalized spacial score (nSPS) is 22.0. The Bertz CT molecular complexity index is 696. The summed E-state index contributed by atoms with van der Waals surface area (Å²) in [6, 6.07) is 3.85. The number of anilines is 1. The van der Waals surface area contributed by atoms with E-state index in [0.29, 0.717) is 21.4 Å². The van der Waals surface area contributed by atoms with Gasteiger partial charge >= 0.3 is 6.18 Å². The molecule has 2 N–H and O–H groups in total. The number of hydrogen-bond donors (Lipinski definition) is 2. The lowest BCUT2D eigenvalue weighted by Gasteiger charge is -2.43. The van der Waals surface area contributed by atoms with Gasteiger partial charge in [0, 0.05) is 7.05 Å². The van der Waals surface area contributed by atoms with E-state index in [-0.39, 0.29) is 11.3 Å². The van der Waals surface area contributed by atoms with Gasteiger partial charge in [-0.15, -0.1) is 0 Å². The van der Waals surface area contributed by atoms with Gasteiger partial charge in [-0.2, -0.15) is 18.4 Å². The predicted molar refractivity (Wildman–Crippen MR) is 72.2 cm³/mol. The quantitative estimate of drug-likeness (QED) is 0.768. The van der Waals surface area contributed by atoms with Gasteiger partial charge < -0.3 is 15.1 Å². The number of halogens is 4. The van der Waals surface area contributed by atoms with Gasteiger partial charge in [-0.05, 0) is 30.7 Å². The molecule has 0 aromatic heterocycles. The summed E-state index contributed by atoms with van der Waals surface area (Å²) in [7, 11) is 0.970. The summed E-state index contributed by atoms with van der Waals surface area (Å²) >= 11 is 0. The van der Waals surface area contributed by atoms with E-state index in [1.807, 2.05) is 0 Å². The molecule has 2 rings (SSSR count). The lowest BCUT2D eigenvalue weighted by molar-refractivity contribution is -0.133. The molecule has 0 saturated heterocycles. The number of nitrogens with zero attached hydrogens (tertiary/aromatic N) is 3. The SMILES string of the molecule is Cc1cc(N2C(O)C=C(C(F)(F)F)N(C)C2O)c(F)cc1C#N. The monoisotopic (exact) mass is 331 g/mol. The van der Waals surface area contributed by atoms with Gasteiger partial charge in [0.2, 0.25) is 6.35 Å². The van der Waals surface area contributed by atoms with Gasteiger partial charge in [-0.1, -0.05) is 0 Å². The van der Waals surface area contributed by atoms with Crippen molar-refractivity contribution in [1.82, 2.24) is 4.90 Å². The van der Waals surface area contributed by atoms with Crippen molar-refractivity contribution in [3.8, 4) is 6.07 Å². The molecule has 124 valence electrons. The minimum atomic E-state index is -4.78.